The van der Waals surface area contributed by atoms with E-state index in [0.29, 0.717) is 23.1 Å². The van der Waals surface area contributed by atoms with Crippen molar-refractivity contribution in [1.82, 2.24) is 15.3 Å². The third-order valence-electron chi connectivity index (χ3n) is 4.69. The van der Waals surface area contributed by atoms with Gasteiger partial charge in [0.2, 0.25) is 0 Å². The van der Waals surface area contributed by atoms with Gasteiger partial charge in [0.1, 0.15) is 5.52 Å². The Hall–Kier alpha value is -3.55. The Balaban J connectivity index is 1.38. The van der Waals surface area contributed by atoms with E-state index in [4.69, 9.17) is 4.84 Å². The fourth-order valence-corrected chi connectivity index (χ4v) is 3.37. The summed E-state index contributed by atoms with van der Waals surface area (Å²) in [5, 5.41) is 13.9. The third kappa shape index (κ3) is 3.75. The Morgan fingerprint density at radius 2 is 2.11 bits per heavy atom. The Morgan fingerprint density at radius 3 is 2.96 bits per heavy atom. The second kappa shape index (κ2) is 7.59. The van der Waals surface area contributed by atoms with Crippen LogP contribution in [0.1, 0.15) is 18.9 Å². The van der Waals surface area contributed by atoms with Crippen LogP contribution in [0.5, 0.6) is 0 Å². The molecular weight excluding hydrogens is 358 g/mol. The molecule has 0 radical (unpaired) electrons. The van der Waals surface area contributed by atoms with E-state index in [1.54, 1.807) is 24.4 Å². The zero-order chi connectivity index (χ0) is 19.5. The van der Waals surface area contributed by atoms with Crippen LogP contribution in [0.25, 0.3) is 10.9 Å². The van der Waals surface area contributed by atoms with Crippen LogP contribution in [0.3, 0.4) is 0 Å². The minimum Gasteiger partial charge on any atom is -0.380 e. The Morgan fingerprint density at radius 1 is 1.25 bits per heavy atom. The molecule has 3 aromatic rings. The second-order valence-corrected chi connectivity index (χ2v) is 6.71. The Bertz CT molecular complexity index is 1030. The van der Waals surface area contributed by atoms with Gasteiger partial charge in [-0.3, -0.25) is 0 Å². The van der Waals surface area contributed by atoms with Gasteiger partial charge in [0.15, 0.2) is 0 Å². The third-order valence-corrected chi connectivity index (χ3v) is 4.69. The zero-order valence-electron chi connectivity index (χ0n) is 15.4. The molecule has 1 atom stereocenters. The first-order valence-corrected chi connectivity index (χ1v) is 9.15. The number of rotatable bonds is 4. The van der Waals surface area contributed by atoms with Crippen LogP contribution in [0.4, 0.5) is 16.2 Å². The molecule has 8 nitrogen and oxygen atoms in total. The number of aromatic nitrogens is 2. The highest BCUT2D eigenvalue weighted by Crippen LogP contribution is 2.24. The molecular formula is C20H21N5O3. The molecule has 1 aliphatic rings. The van der Waals surface area contributed by atoms with Crippen LogP contribution in [0.15, 0.2) is 48.7 Å². The van der Waals surface area contributed by atoms with Gasteiger partial charge in [-0.05, 0) is 36.6 Å². The number of hydrogen-bond donors (Lipinski definition) is 3. The van der Waals surface area contributed by atoms with Gasteiger partial charge in [0.25, 0.3) is 0 Å². The molecule has 2 aromatic carbocycles. The summed E-state index contributed by atoms with van der Waals surface area (Å²) in [5.74, 6) is -0.470. The summed E-state index contributed by atoms with van der Waals surface area (Å²) in [7, 11) is 0. The molecule has 3 N–H and O–H groups in total. The number of nitrogens with one attached hydrogen (secondary N) is 3. The molecule has 0 bridgehead atoms. The van der Waals surface area contributed by atoms with Crippen molar-refractivity contribution in [2.45, 2.75) is 25.8 Å². The lowest BCUT2D eigenvalue weighted by Gasteiger charge is -2.27. The van der Waals surface area contributed by atoms with Crippen LogP contribution < -0.4 is 20.8 Å². The van der Waals surface area contributed by atoms with Crippen molar-refractivity contribution < 1.29 is 14.4 Å². The number of para-hydroxylation sites is 1. The lowest BCUT2D eigenvalue weighted by atomic mass is 9.98. The first-order valence-electron chi connectivity index (χ1n) is 9.15. The molecule has 8 heteroatoms. The van der Waals surface area contributed by atoms with Crippen molar-refractivity contribution >= 4 is 34.3 Å². The van der Waals surface area contributed by atoms with Crippen LogP contribution in [-0.4, -0.2) is 34.5 Å². The minimum absolute atomic E-state index is 0.183. The van der Waals surface area contributed by atoms with E-state index >= 15 is 0 Å². The van der Waals surface area contributed by atoms with Crippen LogP contribution in [-0.2, 0) is 11.2 Å². The maximum absolute atomic E-state index is 12.4. The fourth-order valence-electron chi connectivity index (χ4n) is 3.37. The van der Waals surface area contributed by atoms with E-state index in [1.807, 2.05) is 12.1 Å². The van der Waals surface area contributed by atoms with Crippen molar-refractivity contribution in [2.75, 3.05) is 17.2 Å². The van der Waals surface area contributed by atoms with Crippen LogP contribution in [0.2, 0.25) is 0 Å². The van der Waals surface area contributed by atoms with Gasteiger partial charge < -0.3 is 20.8 Å². The molecule has 1 aromatic heterocycles. The zero-order valence-corrected chi connectivity index (χ0v) is 15.4. The first kappa shape index (κ1) is 17.8. The number of carbonyl (C=O) groups excluding carboxylic acids is 2. The van der Waals surface area contributed by atoms with Crippen molar-refractivity contribution in [3.63, 3.8) is 0 Å². The van der Waals surface area contributed by atoms with Gasteiger partial charge in [-0.1, -0.05) is 29.1 Å². The molecule has 2 heterocycles. The summed E-state index contributed by atoms with van der Waals surface area (Å²) in [4.78, 5) is 29.7. The van der Waals surface area contributed by atoms with Gasteiger partial charge >= 0.3 is 12.0 Å². The molecule has 2 amide bonds. The summed E-state index contributed by atoms with van der Waals surface area (Å²) >= 11 is 0. The number of anilines is 2. The molecule has 4 rings (SSSR count). The molecule has 28 heavy (non-hydrogen) atoms. The highest BCUT2D eigenvalue weighted by molar-refractivity contribution is 6.00. The number of fused-ring (bicyclic) bond motifs is 2. The Kier molecular flexibility index (Phi) is 4.84. The highest BCUT2D eigenvalue weighted by atomic mass is 16.7. The number of amides is 2. The number of hydrogen-bond acceptors (Lipinski definition) is 5. The summed E-state index contributed by atoms with van der Waals surface area (Å²) in [5.41, 5.74) is 3.62. The van der Waals surface area contributed by atoms with Crippen molar-refractivity contribution in [3.05, 3.63) is 54.2 Å². The van der Waals surface area contributed by atoms with Gasteiger partial charge in [0, 0.05) is 30.6 Å². The summed E-state index contributed by atoms with van der Waals surface area (Å²) < 4.78 is 0. The van der Waals surface area contributed by atoms with E-state index in [1.165, 1.54) is 12.5 Å². The number of benzene rings is 2. The molecule has 0 saturated heterocycles. The normalized spacial score (nSPS) is 15.4. The Labute approximate surface area is 161 Å². The summed E-state index contributed by atoms with van der Waals surface area (Å²) in [6, 6.07) is 13.4. The van der Waals surface area contributed by atoms with E-state index < -0.39 is 5.97 Å². The summed E-state index contributed by atoms with van der Waals surface area (Å²) in [6.07, 6.45) is 3.50. The van der Waals surface area contributed by atoms with Gasteiger partial charge in [-0.2, -0.15) is 0 Å². The average Bonchev–Trinajstić information content (AvgIpc) is 3.09. The standard InChI is InChI=1S/C20H21N5O3/c1-13(26)28-25-19-8-4-7-18(16(19)12-22-25)24-20(27)21-11-15-10-9-14-5-2-3-6-17(14)23-15/h2-8,12,15,23H,9-11H2,1H3,(H2,21,24,27). The monoisotopic (exact) mass is 379 g/mol. The van der Waals surface area contributed by atoms with Crippen LogP contribution >= 0.6 is 0 Å². The largest absolute Gasteiger partial charge is 0.380 e. The van der Waals surface area contributed by atoms with E-state index in [0.717, 1.165) is 23.4 Å². The van der Waals surface area contributed by atoms with Gasteiger partial charge in [-0.25, -0.2) is 9.59 Å². The SMILES string of the molecule is CC(=O)On1ncc2c(NC(=O)NCC3CCc4ccccc4N3)cccc21. The predicted octanol–water partition coefficient (Wildman–Crippen LogP) is 2.56. The van der Waals surface area contributed by atoms with E-state index in [2.05, 4.69) is 33.2 Å². The first-order chi connectivity index (χ1) is 13.6. The van der Waals surface area contributed by atoms with Crippen molar-refractivity contribution in [2.24, 2.45) is 0 Å². The number of urea groups is 1. The average molecular weight is 379 g/mol. The second-order valence-electron chi connectivity index (χ2n) is 6.71. The quantitative estimate of drug-likeness (QED) is 0.647. The maximum Gasteiger partial charge on any atom is 0.331 e. The lowest BCUT2D eigenvalue weighted by molar-refractivity contribution is -0.142. The highest BCUT2D eigenvalue weighted by Gasteiger charge is 2.18. The van der Waals surface area contributed by atoms with Gasteiger partial charge in [0.05, 0.1) is 11.9 Å². The predicted molar refractivity (Wildman–Crippen MR) is 106 cm³/mol. The fraction of sp³-hybridized carbons (Fsp3) is 0.250. The lowest BCUT2D eigenvalue weighted by Crippen LogP contribution is -2.40. The maximum atomic E-state index is 12.4. The smallest absolute Gasteiger partial charge is 0.331 e. The number of aryl methyl sites for hydroxylation is 1. The summed E-state index contributed by atoms with van der Waals surface area (Å²) in [6.45, 7) is 1.82. The number of carbonyl (C=O) groups is 2. The van der Waals surface area contributed by atoms with E-state index in [-0.39, 0.29) is 12.1 Å². The minimum atomic E-state index is -0.470. The van der Waals surface area contributed by atoms with Crippen LogP contribution in [0, 0.1) is 0 Å². The number of nitrogens with zero attached hydrogens (tertiary/aromatic N) is 2. The van der Waals surface area contributed by atoms with Crippen molar-refractivity contribution in [1.29, 1.82) is 0 Å². The topological polar surface area (TPSA) is 97.3 Å². The molecule has 0 aliphatic carbocycles. The van der Waals surface area contributed by atoms with Crippen molar-refractivity contribution in [3.8, 4) is 0 Å². The molecule has 0 spiro atoms. The molecule has 144 valence electrons. The molecule has 1 aliphatic heterocycles. The van der Waals surface area contributed by atoms with E-state index in [9.17, 15) is 9.59 Å². The molecule has 0 saturated carbocycles. The van der Waals surface area contributed by atoms with Gasteiger partial charge in [-0.15, -0.1) is 5.10 Å². The molecule has 1 unspecified atom stereocenters. The molecule has 0 fully saturated rings.